The maximum Gasteiger partial charge on any atom is 0.338 e. The highest BCUT2D eigenvalue weighted by Crippen LogP contribution is 2.11. The average Bonchev–Trinajstić information content (AvgIpc) is 2.94. The Morgan fingerprint density at radius 2 is 1.17 bits per heavy atom. The molecule has 1 N–H and O–H groups in total. The van der Waals surface area contributed by atoms with Crippen LogP contribution in [0.3, 0.4) is 0 Å². The minimum absolute atomic E-state index is 0.00685. The van der Waals surface area contributed by atoms with Crippen LogP contribution < -0.4 is 5.32 Å². The molecule has 0 fully saturated rings. The number of rotatable bonds is 9. The first kappa shape index (κ1) is 25.9. The van der Waals surface area contributed by atoms with Gasteiger partial charge in [0.2, 0.25) is 0 Å². The van der Waals surface area contributed by atoms with Gasteiger partial charge in [-0.05, 0) is 60.2 Å². The van der Waals surface area contributed by atoms with Crippen LogP contribution in [0.1, 0.15) is 47.0 Å². The summed E-state index contributed by atoms with van der Waals surface area (Å²) in [7, 11) is 2.55. The highest BCUT2D eigenvalue weighted by molar-refractivity contribution is 5.96. The van der Waals surface area contributed by atoms with Crippen molar-refractivity contribution in [1.29, 1.82) is 0 Å². The highest BCUT2D eigenvalue weighted by Gasteiger charge is 2.17. The van der Waals surface area contributed by atoms with Crippen LogP contribution in [0.15, 0.2) is 84.9 Å². The van der Waals surface area contributed by atoms with E-state index < -0.39 is 29.9 Å². The third kappa shape index (κ3) is 7.14. The third-order valence-corrected chi connectivity index (χ3v) is 5.14. The molecule has 36 heavy (non-hydrogen) atoms. The van der Waals surface area contributed by atoms with Crippen LogP contribution in [0.4, 0.5) is 0 Å². The van der Waals surface area contributed by atoms with Gasteiger partial charge in [0.15, 0.2) is 0 Å². The van der Waals surface area contributed by atoms with Gasteiger partial charge in [-0.25, -0.2) is 14.4 Å². The first-order valence-electron chi connectivity index (χ1n) is 11.0. The van der Waals surface area contributed by atoms with Gasteiger partial charge in [-0.2, -0.15) is 0 Å². The number of methoxy groups -OCH3 is 2. The van der Waals surface area contributed by atoms with Gasteiger partial charge in [0.1, 0.15) is 6.10 Å². The number of hydrogen-bond acceptors (Lipinski definition) is 7. The van der Waals surface area contributed by atoms with Crippen LogP contribution >= 0.6 is 0 Å². The molecule has 0 spiro atoms. The summed E-state index contributed by atoms with van der Waals surface area (Å²) < 4.78 is 14.9. The fraction of sp³-hybridized carbons (Fsp3) is 0.143. The van der Waals surface area contributed by atoms with Gasteiger partial charge in [-0.1, -0.05) is 36.4 Å². The van der Waals surface area contributed by atoms with Gasteiger partial charge in [0.25, 0.3) is 5.91 Å². The monoisotopic (exact) mass is 487 g/mol. The molecule has 0 heterocycles. The Labute approximate surface area is 208 Å². The van der Waals surface area contributed by atoms with Crippen molar-refractivity contribution < 1.29 is 33.4 Å². The highest BCUT2D eigenvalue weighted by atomic mass is 16.5. The molecular weight excluding hydrogens is 462 g/mol. The van der Waals surface area contributed by atoms with E-state index in [0.29, 0.717) is 16.7 Å². The zero-order valence-electron chi connectivity index (χ0n) is 19.8. The number of nitrogens with one attached hydrogen (secondary N) is 1. The maximum absolute atomic E-state index is 12.7. The zero-order chi connectivity index (χ0) is 25.9. The second-order valence-corrected chi connectivity index (χ2v) is 7.56. The molecule has 0 radical (unpaired) electrons. The number of benzene rings is 3. The van der Waals surface area contributed by atoms with Crippen molar-refractivity contribution in [3.05, 3.63) is 113 Å². The Morgan fingerprint density at radius 1 is 0.694 bits per heavy atom. The lowest BCUT2D eigenvalue weighted by atomic mass is 10.1. The maximum atomic E-state index is 12.7. The van der Waals surface area contributed by atoms with E-state index in [2.05, 4.69) is 14.8 Å². The molecule has 8 heteroatoms. The number of carbonyl (C=O) groups excluding carboxylic acids is 4. The molecule has 0 bridgehead atoms. The van der Waals surface area contributed by atoms with E-state index in [1.807, 2.05) is 30.3 Å². The molecule has 3 aromatic rings. The van der Waals surface area contributed by atoms with Crippen molar-refractivity contribution in [2.24, 2.45) is 0 Å². The van der Waals surface area contributed by atoms with Crippen molar-refractivity contribution in [3.8, 4) is 0 Å². The molecular formula is C28H25NO7. The van der Waals surface area contributed by atoms with Crippen LogP contribution in [-0.2, 0) is 14.2 Å². The molecule has 0 aliphatic carbocycles. The molecule has 1 amide bonds. The van der Waals surface area contributed by atoms with Crippen LogP contribution in [0.5, 0.6) is 0 Å². The van der Waals surface area contributed by atoms with Gasteiger partial charge in [0, 0.05) is 5.56 Å². The minimum atomic E-state index is -0.781. The number of amides is 1. The van der Waals surface area contributed by atoms with Crippen LogP contribution in [0, 0.1) is 0 Å². The molecule has 3 aromatic carbocycles. The average molecular weight is 488 g/mol. The predicted octanol–water partition coefficient (Wildman–Crippen LogP) is 3.93. The predicted molar refractivity (Wildman–Crippen MR) is 133 cm³/mol. The van der Waals surface area contributed by atoms with E-state index in [-0.39, 0.29) is 12.1 Å². The Kier molecular flexibility index (Phi) is 9.11. The van der Waals surface area contributed by atoms with E-state index in [9.17, 15) is 19.2 Å². The lowest BCUT2D eigenvalue weighted by Gasteiger charge is -2.16. The number of ether oxygens (including phenoxy) is 3. The summed E-state index contributed by atoms with van der Waals surface area (Å²) in [6, 6.07) is 21.3. The first-order valence-corrected chi connectivity index (χ1v) is 11.0. The molecule has 8 nitrogen and oxygen atoms in total. The SMILES string of the molecule is COC(=O)c1ccc(C(=O)NCC(/C=C/c2ccccc2)OC(=O)c2ccc(C(=O)OC)cc2)cc1. The molecule has 1 unspecified atom stereocenters. The van der Waals surface area contributed by atoms with Crippen molar-refractivity contribution >= 4 is 29.9 Å². The van der Waals surface area contributed by atoms with Crippen molar-refractivity contribution in [2.75, 3.05) is 20.8 Å². The van der Waals surface area contributed by atoms with Crippen LogP contribution in [0.2, 0.25) is 0 Å². The second kappa shape index (κ2) is 12.7. The fourth-order valence-corrected chi connectivity index (χ4v) is 3.17. The quantitative estimate of drug-likeness (QED) is 0.360. The summed E-state index contributed by atoms with van der Waals surface area (Å²) >= 11 is 0. The summed E-state index contributed by atoms with van der Waals surface area (Å²) in [5, 5.41) is 2.74. The molecule has 0 aliphatic heterocycles. The lowest BCUT2D eigenvalue weighted by molar-refractivity contribution is 0.0390. The Hall–Kier alpha value is -4.72. The molecule has 0 saturated heterocycles. The fourth-order valence-electron chi connectivity index (χ4n) is 3.17. The first-order chi connectivity index (χ1) is 17.4. The summed E-state index contributed by atoms with van der Waals surface area (Å²) in [6.07, 6.45) is 2.68. The van der Waals surface area contributed by atoms with E-state index in [1.165, 1.54) is 62.8 Å². The van der Waals surface area contributed by atoms with Crippen molar-refractivity contribution in [3.63, 3.8) is 0 Å². The van der Waals surface area contributed by atoms with Crippen LogP contribution in [0.25, 0.3) is 6.08 Å². The molecule has 3 rings (SSSR count). The summed E-state index contributed by atoms with van der Waals surface area (Å²) in [5.74, 6) is -2.03. The van der Waals surface area contributed by atoms with E-state index in [1.54, 1.807) is 12.2 Å². The van der Waals surface area contributed by atoms with Gasteiger partial charge in [-0.15, -0.1) is 0 Å². The molecule has 184 valence electrons. The van der Waals surface area contributed by atoms with Gasteiger partial charge in [-0.3, -0.25) is 4.79 Å². The summed E-state index contributed by atoms with van der Waals surface area (Å²) in [4.78, 5) is 48.6. The normalized spacial score (nSPS) is 11.4. The second-order valence-electron chi connectivity index (χ2n) is 7.56. The third-order valence-electron chi connectivity index (χ3n) is 5.14. The summed E-state index contributed by atoms with van der Waals surface area (Å²) in [6.45, 7) is 0.00685. The minimum Gasteiger partial charge on any atom is -0.465 e. The molecule has 1 atom stereocenters. The largest absolute Gasteiger partial charge is 0.465 e. The van der Waals surface area contributed by atoms with E-state index >= 15 is 0 Å². The Bertz CT molecular complexity index is 1230. The number of carbonyl (C=O) groups is 4. The Balaban J connectivity index is 1.70. The van der Waals surface area contributed by atoms with Gasteiger partial charge >= 0.3 is 17.9 Å². The smallest absolute Gasteiger partial charge is 0.338 e. The van der Waals surface area contributed by atoms with E-state index in [4.69, 9.17) is 4.74 Å². The van der Waals surface area contributed by atoms with E-state index in [0.717, 1.165) is 5.56 Å². The number of esters is 3. The zero-order valence-corrected chi connectivity index (χ0v) is 19.8. The molecule has 0 aromatic heterocycles. The van der Waals surface area contributed by atoms with Crippen molar-refractivity contribution in [1.82, 2.24) is 5.32 Å². The topological polar surface area (TPSA) is 108 Å². The molecule has 0 aliphatic rings. The van der Waals surface area contributed by atoms with Gasteiger partial charge in [0.05, 0.1) is 37.5 Å². The standard InChI is InChI=1S/C28H25NO7/c1-34-26(31)21-11-9-20(10-12-21)25(30)29-18-24(17-8-19-6-4-3-5-7-19)36-28(33)23-15-13-22(14-16-23)27(32)35-2/h3-17,24H,18H2,1-2H3,(H,29,30)/b17-8+. The Morgan fingerprint density at radius 3 is 1.67 bits per heavy atom. The van der Waals surface area contributed by atoms with Crippen LogP contribution in [-0.4, -0.2) is 50.7 Å². The number of hydrogen-bond donors (Lipinski definition) is 1. The lowest BCUT2D eigenvalue weighted by Crippen LogP contribution is -2.34. The molecule has 0 saturated carbocycles. The summed E-state index contributed by atoms with van der Waals surface area (Å²) in [5.41, 5.74) is 2.10. The van der Waals surface area contributed by atoms with Crippen molar-refractivity contribution in [2.45, 2.75) is 6.10 Å². The van der Waals surface area contributed by atoms with Gasteiger partial charge < -0.3 is 19.5 Å².